The molecule has 0 atom stereocenters. The number of aromatic hydroxyl groups is 1. The molecule has 5 nitrogen and oxygen atoms in total. The normalized spacial score (nSPS) is 9.85. The molecule has 2 aromatic rings. The highest BCUT2D eigenvalue weighted by Gasteiger charge is 2.06. The van der Waals surface area contributed by atoms with Gasteiger partial charge in [0.25, 0.3) is 0 Å². The number of carbonyl (C=O) groups is 1. The zero-order valence-electron chi connectivity index (χ0n) is 11.1. The Morgan fingerprint density at radius 2 is 2.00 bits per heavy atom. The highest BCUT2D eigenvalue weighted by molar-refractivity contribution is 5.90. The lowest BCUT2D eigenvalue weighted by Crippen LogP contribution is -2.28. The number of methoxy groups -OCH3 is 1. The Bertz CT molecular complexity index is 599. The standard InChI is InChI=1S/C15H16N2O3/c1-20-14-8-3-2-7-13(14)17-15(19)16-10-11-5-4-6-12(18)9-11/h2-9,18H,10H2,1H3,(H2,16,17,19). The molecule has 0 bridgehead atoms. The number of carbonyl (C=O) groups excluding carboxylic acids is 1. The van der Waals surface area contributed by atoms with E-state index in [4.69, 9.17) is 4.74 Å². The number of phenols is 1. The van der Waals surface area contributed by atoms with Gasteiger partial charge in [-0.05, 0) is 29.8 Å². The van der Waals surface area contributed by atoms with E-state index in [1.165, 1.54) is 0 Å². The smallest absolute Gasteiger partial charge is 0.319 e. The number of phenolic OH excluding ortho intramolecular Hbond substituents is 1. The van der Waals surface area contributed by atoms with Crippen LogP contribution in [0.25, 0.3) is 0 Å². The Labute approximate surface area is 117 Å². The SMILES string of the molecule is COc1ccccc1NC(=O)NCc1cccc(O)c1. The summed E-state index contributed by atoms with van der Waals surface area (Å²) in [6, 6.07) is 13.6. The number of anilines is 1. The molecule has 0 aromatic heterocycles. The molecule has 3 N–H and O–H groups in total. The monoisotopic (exact) mass is 272 g/mol. The first-order valence-corrected chi connectivity index (χ1v) is 6.15. The van der Waals surface area contributed by atoms with Crippen molar-refractivity contribution in [2.75, 3.05) is 12.4 Å². The van der Waals surface area contributed by atoms with Gasteiger partial charge in [0.15, 0.2) is 0 Å². The van der Waals surface area contributed by atoms with Crippen LogP contribution >= 0.6 is 0 Å². The van der Waals surface area contributed by atoms with Gasteiger partial charge < -0.3 is 20.5 Å². The molecule has 0 saturated heterocycles. The zero-order chi connectivity index (χ0) is 14.4. The van der Waals surface area contributed by atoms with E-state index in [0.717, 1.165) is 5.56 Å². The number of para-hydroxylation sites is 2. The second-order valence-electron chi connectivity index (χ2n) is 4.18. The van der Waals surface area contributed by atoms with Crippen molar-refractivity contribution in [1.29, 1.82) is 0 Å². The Balaban J connectivity index is 1.93. The van der Waals surface area contributed by atoms with Crippen LogP contribution in [0.3, 0.4) is 0 Å². The lowest BCUT2D eigenvalue weighted by atomic mass is 10.2. The number of amides is 2. The van der Waals surface area contributed by atoms with Gasteiger partial charge in [0.05, 0.1) is 12.8 Å². The van der Waals surface area contributed by atoms with Crippen LogP contribution in [0.5, 0.6) is 11.5 Å². The summed E-state index contributed by atoms with van der Waals surface area (Å²) in [6.07, 6.45) is 0. The molecule has 20 heavy (non-hydrogen) atoms. The van der Waals surface area contributed by atoms with Crippen LogP contribution in [0.4, 0.5) is 10.5 Å². The van der Waals surface area contributed by atoms with E-state index in [1.807, 2.05) is 18.2 Å². The van der Waals surface area contributed by atoms with Gasteiger partial charge in [-0.3, -0.25) is 0 Å². The second-order valence-corrected chi connectivity index (χ2v) is 4.18. The molecule has 0 spiro atoms. The van der Waals surface area contributed by atoms with Crippen LogP contribution in [-0.4, -0.2) is 18.2 Å². The minimum Gasteiger partial charge on any atom is -0.508 e. The predicted octanol–water partition coefficient (Wildman–Crippen LogP) is 2.72. The summed E-state index contributed by atoms with van der Waals surface area (Å²) in [6.45, 7) is 0.329. The Morgan fingerprint density at radius 1 is 1.20 bits per heavy atom. The van der Waals surface area contributed by atoms with Gasteiger partial charge in [-0.25, -0.2) is 4.79 Å². The first-order valence-electron chi connectivity index (χ1n) is 6.15. The van der Waals surface area contributed by atoms with E-state index in [1.54, 1.807) is 37.4 Å². The number of benzene rings is 2. The summed E-state index contributed by atoms with van der Waals surface area (Å²) >= 11 is 0. The van der Waals surface area contributed by atoms with Crippen molar-refractivity contribution in [2.24, 2.45) is 0 Å². The van der Waals surface area contributed by atoms with Gasteiger partial charge in [-0.15, -0.1) is 0 Å². The summed E-state index contributed by atoms with van der Waals surface area (Å²) in [5, 5.41) is 14.8. The molecule has 2 rings (SSSR count). The average molecular weight is 272 g/mol. The third kappa shape index (κ3) is 3.65. The lowest BCUT2D eigenvalue weighted by Gasteiger charge is -2.11. The molecular weight excluding hydrogens is 256 g/mol. The van der Waals surface area contributed by atoms with Crippen LogP contribution in [0.15, 0.2) is 48.5 Å². The van der Waals surface area contributed by atoms with Gasteiger partial charge in [-0.2, -0.15) is 0 Å². The molecule has 0 radical (unpaired) electrons. The predicted molar refractivity (Wildman–Crippen MR) is 77.0 cm³/mol. The fraction of sp³-hybridized carbons (Fsp3) is 0.133. The molecule has 0 saturated carbocycles. The molecule has 2 aromatic carbocycles. The lowest BCUT2D eigenvalue weighted by molar-refractivity contribution is 0.251. The summed E-state index contributed by atoms with van der Waals surface area (Å²) in [4.78, 5) is 11.8. The third-order valence-corrected chi connectivity index (χ3v) is 2.72. The van der Waals surface area contributed by atoms with Crippen molar-refractivity contribution in [3.05, 3.63) is 54.1 Å². The molecule has 0 fully saturated rings. The number of urea groups is 1. The van der Waals surface area contributed by atoms with Crippen molar-refractivity contribution in [3.63, 3.8) is 0 Å². The van der Waals surface area contributed by atoms with Gasteiger partial charge in [0.1, 0.15) is 11.5 Å². The number of hydrogen-bond donors (Lipinski definition) is 3. The molecule has 0 aliphatic rings. The Morgan fingerprint density at radius 3 is 2.75 bits per heavy atom. The Kier molecular flexibility index (Phi) is 4.44. The van der Waals surface area contributed by atoms with Crippen LogP contribution in [-0.2, 0) is 6.54 Å². The van der Waals surface area contributed by atoms with Gasteiger partial charge in [0.2, 0.25) is 0 Å². The van der Waals surface area contributed by atoms with E-state index < -0.39 is 0 Å². The van der Waals surface area contributed by atoms with Crippen molar-refractivity contribution in [3.8, 4) is 11.5 Å². The van der Waals surface area contributed by atoms with Gasteiger partial charge in [-0.1, -0.05) is 24.3 Å². The number of ether oxygens (including phenoxy) is 1. The van der Waals surface area contributed by atoms with Crippen molar-refractivity contribution < 1.29 is 14.6 Å². The van der Waals surface area contributed by atoms with E-state index in [2.05, 4.69) is 10.6 Å². The summed E-state index contributed by atoms with van der Waals surface area (Å²) < 4.78 is 5.15. The van der Waals surface area contributed by atoms with E-state index >= 15 is 0 Å². The second kappa shape index (κ2) is 6.47. The molecule has 0 heterocycles. The Hall–Kier alpha value is -2.69. The molecule has 104 valence electrons. The maximum absolute atomic E-state index is 11.8. The molecule has 2 amide bonds. The van der Waals surface area contributed by atoms with Crippen molar-refractivity contribution >= 4 is 11.7 Å². The zero-order valence-corrected chi connectivity index (χ0v) is 11.1. The van der Waals surface area contributed by atoms with E-state index in [0.29, 0.717) is 18.0 Å². The molecule has 5 heteroatoms. The van der Waals surface area contributed by atoms with Crippen molar-refractivity contribution in [2.45, 2.75) is 6.54 Å². The van der Waals surface area contributed by atoms with Gasteiger partial charge >= 0.3 is 6.03 Å². The molecule has 0 unspecified atom stereocenters. The number of nitrogens with one attached hydrogen (secondary N) is 2. The maximum Gasteiger partial charge on any atom is 0.319 e. The number of rotatable bonds is 4. The third-order valence-electron chi connectivity index (χ3n) is 2.72. The van der Waals surface area contributed by atoms with E-state index in [-0.39, 0.29) is 11.8 Å². The molecule has 0 aliphatic carbocycles. The summed E-state index contributed by atoms with van der Waals surface area (Å²) in [5.41, 5.74) is 1.42. The quantitative estimate of drug-likeness (QED) is 0.801. The average Bonchev–Trinajstić information content (AvgIpc) is 2.46. The highest BCUT2D eigenvalue weighted by Crippen LogP contribution is 2.22. The summed E-state index contributed by atoms with van der Waals surface area (Å²) in [5.74, 6) is 0.773. The topological polar surface area (TPSA) is 70.6 Å². The maximum atomic E-state index is 11.8. The highest BCUT2D eigenvalue weighted by atomic mass is 16.5. The first-order chi connectivity index (χ1) is 9.69. The molecule has 0 aliphatic heterocycles. The van der Waals surface area contributed by atoms with Crippen LogP contribution in [0, 0.1) is 0 Å². The van der Waals surface area contributed by atoms with Crippen molar-refractivity contribution in [1.82, 2.24) is 5.32 Å². The minimum absolute atomic E-state index is 0.175. The van der Waals surface area contributed by atoms with Crippen LogP contribution < -0.4 is 15.4 Å². The summed E-state index contributed by atoms with van der Waals surface area (Å²) in [7, 11) is 1.55. The van der Waals surface area contributed by atoms with E-state index in [9.17, 15) is 9.90 Å². The first kappa shape index (κ1) is 13.7. The fourth-order valence-electron chi connectivity index (χ4n) is 1.76. The minimum atomic E-state index is -0.335. The largest absolute Gasteiger partial charge is 0.508 e. The number of hydrogen-bond acceptors (Lipinski definition) is 3. The molecular formula is C15H16N2O3. The van der Waals surface area contributed by atoms with Gasteiger partial charge in [0, 0.05) is 6.54 Å². The fourth-order valence-corrected chi connectivity index (χ4v) is 1.76. The van der Waals surface area contributed by atoms with Crippen LogP contribution in [0.1, 0.15) is 5.56 Å². The van der Waals surface area contributed by atoms with Crippen LogP contribution in [0.2, 0.25) is 0 Å².